The first-order valence-electron chi connectivity index (χ1n) is 5.28. The summed E-state index contributed by atoms with van der Waals surface area (Å²) in [5.41, 5.74) is 0. The topological polar surface area (TPSA) is 32.3 Å². The third-order valence-electron chi connectivity index (χ3n) is 2.80. The van der Waals surface area contributed by atoms with Gasteiger partial charge in [-0.05, 0) is 37.4 Å². The van der Waals surface area contributed by atoms with Crippen molar-refractivity contribution in [3.63, 3.8) is 0 Å². The first-order valence-corrected chi connectivity index (χ1v) is 6.16. The number of carbonyl (C=O) groups excluding carboxylic acids is 1. The van der Waals surface area contributed by atoms with Crippen molar-refractivity contribution in [3.05, 3.63) is 22.4 Å². The summed E-state index contributed by atoms with van der Waals surface area (Å²) < 4.78 is 0. The van der Waals surface area contributed by atoms with Gasteiger partial charge >= 0.3 is 0 Å². The number of rotatable bonds is 3. The molecule has 2 heterocycles. The highest BCUT2D eigenvalue weighted by Crippen LogP contribution is 2.20. The van der Waals surface area contributed by atoms with Crippen LogP contribution in [0.4, 0.5) is 0 Å². The Kier molecular flexibility index (Phi) is 5.25. The van der Waals surface area contributed by atoms with E-state index in [2.05, 4.69) is 5.32 Å². The van der Waals surface area contributed by atoms with Crippen molar-refractivity contribution >= 4 is 29.7 Å². The fraction of sp³-hybridized carbons (Fsp3) is 0.545. The molecule has 16 heavy (non-hydrogen) atoms. The van der Waals surface area contributed by atoms with Gasteiger partial charge in [-0.1, -0.05) is 6.07 Å². The lowest BCUT2D eigenvalue weighted by molar-refractivity contribution is 0.0792. The molecule has 0 bridgehead atoms. The molecule has 5 heteroatoms. The number of nitrogens with zero attached hydrogens (tertiary/aromatic N) is 1. The van der Waals surface area contributed by atoms with Crippen LogP contribution in [-0.4, -0.2) is 37.5 Å². The van der Waals surface area contributed by atoms with Crippen LogP contribution in [0.5, 0.6) is 0 Å². The van der Waals surface area contributed by atoms with Gasteiger partial charge in [0.05, 0.1) is 4.88 Å². The van der Waals surface area contributed by atoms with Crippen LogP contribution in [0.2, 0.25) is 0 Å². The molecule has 1 aliphatic rings. The quantitative estimate of drug-likeness (QED) is 0.900. The van der Waals surface area contributed by atoms with Crippen molar-refractivity contribution in [3.8, 4) is 0 Å². The van der Waals surface area contributed by atoms with Crippen LogP contribution in [0.25, 0.3) is 0 Å². The first-order chi connectivity index (χ1) is 7.31. The maximum atomic E-state index is 12.0. The van der Waals surface area contributed by atoms with Crippen molar-refractivity contribution in [2.24, 2.45) is 5.92 Å². The Labute approximate surface area is 106 Å². The number of hydrogen-bond donors (Lipinski definition) is 1. The Morgan fingerprint density at radius 1 is 1.69 bits per heavy atom. The Bertz CT molecular complexity index is 329. The van der Waals surface area contributed by atoms with E-state index in [0.29, 0.717) is 5.92 Å². The maximum Gasteiger partial charge on any atom is 0.263 e. The monoisotopic (exact) mass is 260 g/mol. The average Bonchev–Trinajstić information content (AvgIpc) is 2.87. The smallest absolute Gasteiger partial charge is 0.263 e. The van der Waals surface area contributed by atoms with Gasteiger partial charge in [-0.3, -0.25) is 4.79 Å². The summed E-state index contributed by atoms with van der Waals surface area (Å²) in [6.07, 6.45) is 1.12. The van der Waals surface area contributed by atoms with Gasteiger partial charge in [-0.15, -0.1) is 23.7 Å². The third-order valence-corrected chi connectivity index (χ3v) is 3.66. The minimum absolute atomic E-state index is 0. The lowest BCUT2D eigenvalue weighted by Crippen LogP contribution is -2.29. The molecule has 1 aromatic heterocycles. The van der Waals surface area contributed by atoms with Gasteiger partial charge in [-0.2, -0.15) is 0 Å². The summed E-state index contributed by atoms with van der Waals surface area (Å²) in [6.45, 7) is 2.81. The van der Waals surface area contributed by atoms with Gasteiger partial charge in [0.2, 0.25) is 0 Å². The highest BCUT2D eigenvalue weighted by molar-refractivity contribution is 7.12. The molecule has 1 amide bonds. The summed E-state index contributed by atoms with van der Waals surface area (Å²) in [5.74, 6) is 0.822. The fourth-order valence-corrected chi connectivity index (χ4v) is 2.72. The molecule has 0 saturated carbocycles. The van der Waals surface area contributed by atoms with Crippen molar-refractivity contribution < 1.29 is 4.79 Å². The summed E-state index contributed by atoms with van der Waals surface area (Å²) in [5, 5.41) is 5.12. The van der Waals surface area contributed by atoms with E-state index in [1.807, 2.05) is 29.5 Å². The zero-order valence-electron chi connectivity index (χ0n) is 9.31. The zero-order valence-corrected chi connectivity index (χ0v) is 10.9. The van der Waals surface area contributed by atoms with E-state index in [1.165, 1.54) is 11.3 Å². The highest BCUT2D eigenvalue weighted by atomic mass is 35.5. The summed E-state index contributed by atoms with van der Waals surface area (Å²) >= 11 is 1.53. The number of hydrogen-bond acceptors (Lipinski definition) is 3. The molecule has 1 fully saturated rings. The normalized spacial score (nSPS) is 19.6. The molecular weight excluding hydrogens is 244 g/mol. The highest BCUT2D eigenvalue weighted by Gasteiger charge is 2.26. The van der Waals surface area contributed by atoms with Crippen LogP contribution in [-0.2, 0) is 0 Å². The van der Waals surface area contributed by atoms with Gasteiger partial charge in [0, 0.05) is 13.1 Å². The summed E-state index contributed by atoms with van der Waals surface area (Å²) in [7, 11) is 1.96. The molecular formula is C11H17ClN2OS. The minimum Gasteiger partial charge on any atom is -0.338 e. The number of thiophene rings is 1. The van der Waals surface area contributed by atoms with Crippen LogP contribution in [0.3, 0.4) is 0 Å². The second kappa shape index (κ2) is 6.23. The zero-order chi connectivity index (χ0) is 10.7. The van der Waals surface area contributed by atoms with E-state index in [0.717, 1.165) is 30.9 Å². The van der Waals surface area contributed by atoms with E-state index in [-0.39, 0.29) is 18.3 Å². The van der Waals surface area contributed by atoms with E-state index in [4.69, 9.17) is 0 Å². The molecule has 1 atom stereocenters. The maximum absolute atomic E-state index is 12.0. The molecule has 0 radical (unpaired) electrons. The Hall–Kier alpha value is -0.580. The fourth-order valence-electron chi connectivity index (χ4n) is 2.03. The van der Waals surface area contributed by atoms with Crippen LogP contribution in [0.1, 0.15) is 16.1 Å². The molecule has 0 spiro atoms. The van der Waals surface area contributed by atoms with E-state index in [1.54, 1.807) is 0 Å². The van der Waals surface area contributed by atoms with Crippen molar-refractivity contribution in [1.82, 2.24) is 10.2 Å². The van der Waals surface area contributed by atoms with E-state index in [9.17, 15) is 4.79 Å². The van der Waals surface area contributed by atoms with Gasteiger partial charge in [0.15, 0.2) is 0 Å². The number of amides is 1. The lowest BCUT2D eigenvalue weighted by Gasteiger charge is -2.15. The standard InChI is InChI=1S/C11H16N2OS.ClH/c1-12-7-9-4-5-13(8-9)11(14)10-3-2-6-15-10;/h2-3,6,9,12H,4-5,7-8H2,1H3;1H. The number of nitrogens with one attached hydrogen (secondary N) is 1. The molecule has 1 unspecified atom stereocenters. The van der Waals surface area contributed by atoms with Crippen molar-refractivity contribution in [2.75, 3.05) is 26.7 Å². The van der Waals surface area contributed by atoms with Crippen LogP contribution in [0.15, 0.2) is 17.5 Å². The van der Waals surface area contributed by atoms with Crippen LogP contribution < -0.4 is 5.32 Å². The third kappa shape index (κ3) is 2.97. The molecule has 2 rings (SSSR count). The number of likely N-dealkylation sites (tertiary alicyclic amines) is 1. The lowest BCUT2D eigenvalue weighted by atomic mass is 10.1. The molecule has 1 N–H and O–H groups in total. The van der Waals surface area contributed by atoms with Gasteiger partial charge in [0.1, 0.15) is 0 Å². The molecule has 0 aliphatic carbocycles. The largest absolute Gasteiger partial charge is 0.338 e. The van der Waals surface area contributed by atoms with Gasteiger partial charge in [-0.25, -0.2) is 0 Å². The molecule has 0 aromatic carbocycles. The van der Waals surface area contributed by atoms with E-state index >= 15 is 0 Å². The number of halogens is 1. The Balaban J connectivity index is 0.00000128. The minimum atomic E-state index is 0. The second-order valence-electron chi connectivity index (χ2n) is 3.94. The SMILES string of the molecule is CNCC1CCN(C(=O)c2cccs2)C1.Cl. The summed E-state index contributed by atoms with van der Waals surface area (Å²) in [6, 6.07) is 3.83. The Morgan fingerprint density at radius 2 is 2.50 bits per heavy atom. The first kappa shape index (κ1) is 13.5. The second-order valence-corrected chi connectivity index (χ2v) is 4.89. The molecule has 1 aliphatic heterocycles. The van der Waals surface area contributed by atoms with Crippen LogP contribution in [0, 0.1) is 5.92 Å². The predicted octanol–water partition coefficient (Wildman–Crippen LogP) is 1.85. The predicted molar refractivity (Wildman–Crippen MR) is 69.5 cm³/mol. The van der Waals surface area contributed by atoms with Gasteiger partial charge < -0.3 is 10.2 Å². The molecule has 90 valence electrons. The van der Waals surface area contributed by atoms with E-state index < -0.39 is 0 Å². The number of carbonyl (C=O) groups is 1. The van der Waals surface area contributed by atoms with Crippen molar-refractivity contribution in [1.29, 1.82) is 0 Å². The molecule has 3 nitrogen and oxygen atoms in total. The molecule has 1 aromatic rings. The average molecular weight is 261 g/mol. The summed E-state index contributed by atoms with van der Waals surface area (Å²) in [4.78, 5) is 14.8. The van der Waals surface area contributed by atoms with Gasteiger partial charge in [0.25, 0.3) is 5.91 Å². The van der Waals surface area contributed by atoms with Crippen LogP contribution >= 0.6 is 23.7 Å². The Morgan fingerprint density at radius 3 is 3.12 bits per heavy atom. The van der Waals surface area contributed by atoms with Crippen molar-refractivity contribution in [2.45, 2.75) is 6.42 Å². The molecule has 1 saturated heterocycles.